The lowest BCUT2D eigenvalue weighted by Crippen LogP contribution is -2.19. The van der Waals surface area contributed by atoms with Crippen molar-refractivity contribution in [3.8, 4) is 0 Å². The summed E-state index contributed by atoms with van der Waals surface area (Å²) >= 11 is 0. The Bertz CT molecular complexity index is 197. The van der Waals surface area contributed by atoms with Crippen LogP contribution < -0.4 is 0 Å². The summed E-state index contributed by atoms with van der Waals surface area (Å²) in [4.78, 5) is 10.7. The van der Waals surface area contributed by atoms with Crippen molar-refractivity contribution in [1.82, 2.24) is 0 Å². The molecule has 0 aromatic heterocycles. The SMILES string of the molecule is CCCC(C)(C)CC(C)CC(C)C(=O)O. The lowest BCUT2D eigenvalue weighted by Gasteiger charge is -2.28. The van der Waals surface area contributed by atoms with Gasteiger partial charge in [-0.15, -0.1) is 0 Å². The smallest absolute Gasteiger partial charge is 0.306 e. The maximum Gasteiger partial charge on any atom is 0.306 e. The molecular weight excluding hydrogens is 188 g/mol. The molecule has 0 radical (unpaired) electrons. The average Bonchev–Trinajstić information content (AvgIpc) is 2.01. The monoisotopic (exact) mass is 214 g/mol. The highest BCUT2D eigenvalue weighted by Crippen LogP contribution is 2.32. The van der Waals surface area contributed by atoms with Gasteiger partial charge in [0.2, 0.25) is 0 Å². The molecule has 0 saturated carbocycles. The van der Waals surface area contributed by atoms with Crippen LogP contribution >= 0.6 is 0 Å². The predicted molar refractivity (Wildman–Crippen MR) is 63.9 cm³/mol. The first kappa shape index (κ1) is 14.5. The normalized spacial score (nSPS) is 16.1. The Morgan fingerprint density at radius 1 is 1.33 bits per heavy atom. The molecule has 0 amide bonds. The van der Waals surface area contributed by atoms with Crippen LogP contribution in [-0.4, -0.2) is 11.1 Å². The number of hydrogen-bond donors (Lipinski definition) is 1. The average molecular weight is 214 g/mol. The van der Waals surface area contributed by atoms with E-state index >= 15 is 0 Å². The summed E-state index contributed by atoms with van der Waals surface area (Å²) in [6.07, 6.45) is 4.34. The molecule has 0 aliphatic rings. The van der Waals surface area contributed by atoms with Crippen molar-refractivity contribution in [2.45, 2.75) is 60.3 Å². The summed E-state index contributed by atoms with van der Waals surface area (Å²) in [5.41, 5.74) is 0.354. The van der Waals surface area contributed by atoms with Gasteiger partial charge in [0.1, 0.15) is 0 Å². The van der Waals surface area contributed by atoms with E-state index < -0.39 is 5.97 Å². The first-order valence-electron chi connectivity index (χ1n) is 6.01. The highest BCUT2D eigenvalue weighted by atomic mass is 16.4. The Hall–Kier alpha value is -0.530. The molecule has 2 unspecified atom stereocenters. The summed E-state index contributed by atoms with van der Waals surface area (Å²) in [5.74, 6) is -0.384. The van der Waals surface area contributed by atoms with Gasteiger partial charge in [-0.2, -0.15) is 0 Å². The van der Waals surface area contributed by atoms with Gasteiger partial charge >= 0.3 is 5.97 Å². The number of rotatable bonds is 7. The highest BCUT2D eigenvalue weighted by Gasteiger charge is 2.22. The van der Waals surface area contributed by atoms with Gasteiger partial charge in [0.15, 0.2) is 0 Å². The summed E-state index contributed by atoms with van der Waals surface area (Å²) < 4.78 is 0. The van der Waals surface area contributed by atoms with Crippen molar-refractivity contribution in [3.05, 3.63) is 0 Å². The largest absolute Gasteiger partial charge is 0.481 e. The van der Waals surface area contributed by atoms with Crippen LogP contribution in [0.5, 0.6) is 0 Å². The van der Waals surface area contributed by atoms with Gasteiger partial charge in [0, 0.05) is 0 Å². The quantitative estimate of drug-likeness (QED) is 0.696. The molecule has 2 heteroatoms. The Balaban J connectivity index is 4.02. The van der Waals surface area contributed by atoms with Gasteiger partial charge in [-0.25, -0.2) is 0 Å². The zero-order valence-corrected chi connectivity index (χ0v) is 10.8. The molecule has 0 aliphatic carbocycles. The molecule has 0 heterocycles. The van der Waals surface area contributed by atoms with Gasteiger partial charge in [-0.05, 0) is 30.6 Å². The summed E-state index contributed by atoms with van der Waals surface area (Å²) in [6, 6.07) is 0. The Morgan fingerprint density at radius 2 is 1.87 bits per heavy atom. The van der Waals surface area contributed by atoms with Gasteiger partial charge in [0.05, 0.1) is 5.92 Å². The van der Waals surface area contributed by atoms with E-state index in [4.69, 9.17) is 5.11 Å². The molecule has 0 aromatic rings. The molecule has 15 heavy (non-hydrogen) atoms. The molecule has 2 atom stereocenters. The Morgan fingerprint density at radius 3 is 2.27 bits per heavy atom. The fourth-order valence-electron chi connectivity index (χ4n) is 2.51. The van der Waals surface area contributed by atoms with Crippen LogP contribution in [-0.2, 0) is 4.79 Å². The second-order valence-electron chi connectivity index (χ2n) is 5.70. The predicted octanol–water partition coefficient (Wildman–Crippen LogP) is 3.95. The van der Waals surface area contributed by atoms with Crippen molar-refractivity contribution < 1.29 is 9.90 Å². The van der Waals surface area contributed by atoms with Crippen LogP contribution in [0.15, 0.2) is 0 Å². The molecule has 0 spiro atoms. The zero-order chi connectivity index (χ0) is 12.1. The number of carboxylic acids is 1. The maximum absolute atomic E-state index is 10.7. The minimum absolute atomic E-state index is 0.211. The lowest BCUT2D eigenvalue weighted by atomic mass is 9.77. The van der Waals surface area contributed by atoms with E-state index in [2.05, 4.69) is 27.7 Å². The van der Waals surface area contributed by atoms with Crippen molar-refractivity contribution >= 4 is 5.97 Å². The third kappa shape index (κ3) is 6.53. The van der Waals surface area contributed by atoms with Crippen LogP contribution in [0.3, 0.4) is 0 Å². The van der Waals surface area contributed by atoms with Crippen LogP contribution in [0.2, 0.25) is 0 Å². The van der Waals surface area contributed by atoms with Crippen LogP contribution in [0.25, 0.3) is 0 Å². The van der Waals surface area contributed by atoms with Gasteiger partial charge in [0.25, 0.3) is 0 Å². The second kappa shape index (κ2) is 6.14. The second-order valence-corrected chi connectivity index (χ2v) is 5.70. The van der Waals surface area contributed by atoms with Crippen molar-refractivity contribution in [2.75, 3.05) is 0 Å². The van der Waals surface area contributed by atoms with Gasteiger partial charge in [-0.1, -0.05) is 41.0 Å². The van der Waals surface area contributed by atoms with Gasteiger partial charge < -0.3 is 5.11 Å². The molecule has 1 N–H and O–H groups in total. The minimum atomic E-state index is -0.671. The first-order valence-corrected chi connectivity index (χ1v) is 6.01. The molecule has 90 valence electrons. The van der Waals surface area contributed by atoms with Crippen molar-refractivity contribution in [1.29, 1.82) is 0 Å². The summed E-state index contributed by atoms with van der Waals surface area (Å²) in [5, 5.41) is 8.83. The molecule has 0 fully saturated rings. The minimum Gasteiger partial charge on any atom is -0.481 e. The van der Waals surface area contributed by atoms with Crippen molar-refractivity contribution in [2.24, 2.45) is 17.3 Å². The van der Waals surface area contributed by atoms with E-state index in [1.807, 2.05) is 0 Å². The topological polar surface area (TPSA) is 37.3 Å². The summed E-state index contributed by atoms with van der Waals surface area (Å²) in [6.45, 7) is 10.7. The number of aliphatic carboxylic acids is 1. The van der Waals surface area contributed by atoms with Crippen LogP contribution in [0.4, 0.5) is 0 Å². The third-order valence-corrected chi connectivity index (χ3v) is 3.01. The first-order chi connectivity index (χ1) is 6.78. The lowest BCUT2D eigenvalue weighted by molar-refractivity contribution is -0.141. The Kier molecular flexibility index (Phi) is 5.92. The molecule has 0 saturated heterocycles. The fourth-order valence-corrected chi connectivity index (χ4v) is 2.51. The van der Waals surface area contributed by atoms with E-state index in [-0.39, 0.29) is 5.92 Å². The van der Waals surface area contributed by atoms with E-state index in [1.165, 1.54) is 12.8 Å². The molecular formula is C13H26O2. The third-order valence-electron chi connectivity index (χ3n) is 3.01. The van der Waals surface area contributed by atoms with Crippen molar-refractivity contribution in [3.63, 3.8) is 0 Å². The number of hydrogen-bond acceptors (Lipinski definition) is 1. The summed E-state index contributed by atoms with van der Waals surface area (Å²) in [7, 11) is 0. The molecule has 0 bridgehead atoms. The molecule has 0 rings (SSSR count). The molecule has 0 aliphatic heterocycles. The van der Waals surface area contributed by atoms with E-state index in [1.54, 1.807) is 6.92 Å². The highest BCUT2D eigenvalue weighted by molar-refractivity contribution is 5.69. The van der Waals surface area contributed by atoms with Gasteiger partial charge in [-0.3, -0.25) is 4.79 Å². The van der Waals surface area contributed by atoms with E-state index in [0.29, 0.717) is 11.3 Å². The van der Waals surface area contributed by atoms with Crippen LogP contribution in [0, 0.1) is 17.3 Å². The maximum atomic E-state index is 10.7. The standard InChI is InChI=1S/C13H26O2/c1-6-7-13(4,5)9-10(2)8-11(3)12(14)15/h10-11H,6-9H2,1-5H3,(H,14,15). The number of carboxylic acid groups (broad SMARTS) is 1. The van der Waals surface area contributed by atoms with E-state index in [9.17, 15) is 4.79 Å². The van der Waals surface area contributed by atoms with E-state index in [0.717, 1.165) is 12.8 Å². The fraction of sp³-hybridized carbons (Fsp3) is 0.923. The Labute approximate surface area is 94.1 Å². The van der Waals surface area contributed by atoms with Crippen LogP contribution in [0.1, 0.15) is 60.3 Å². The number of carbonyl (C=O) groups is 1. The zero-order valence-electron chi connectivity index (χ0n) is 10.8. The molecule has 0 aromatic carbocycles. The molecule has 2 nitrogen and oxygen atoms in total.